The fourth-order valence-electron chi connectivity index (χ4n) is 2.21. The normalized spacial score (nSPS) is 10.5. The van der Waals surface area contributed by atoms with Crippen LogP contribution in [0.2, 0.25) is 0 Å². The van der Waals surface area contributed by atoms with Crippen molar-refractivity contribution >= 4 is 11.8 Å². The number of aromatic carboxylic acids is 1. The zero-order chi connectivity index (χ0) is 15.6. The van der Waals surface area contributed by atoms with Gasteiger partial charge in [-0.3, -0.25) is 0 Å². The molecular formula is C16H17FN2O2. The number of nitrogens with one attached hydrogen (secondary N) is 1. The minimum Gasteiger partial charge on any atom is -0.478 e. The molecule has 5 heteroatoms. The van der Waals surface area contributed by atoms with E-state index in [4.69, 9.17) is 5.11 Å². The van der Waals surface area contributed by atoms with E-state index in [1.54, 1.807) is 32.9 Å². The van der Waals surface area contributed by atoms with Crippen molar-refractivity contribution in [1.82, 2.24) is 4.98 Å². The molecule has 2 N–H and O–H groups in total. The number of carbonyl (C=O) groups is 1. The highest BCUT2D eigenvalue weighted by Crippen LogP contribution is 2.16. The van der Waals surface area contributed by atoms with Gasteiger partial charge in [0, 0.05) is 12.2 Å². The van der Waals surface area contributed by atoms with Crippen LogP contribution >= 0.6 is 0 Å². The van der Waals surface area contributed by atoms with E-state index in [0.29, 0.717) is 29.2 Å². The van der Waals surface area contributed by atoms with E-state index >= 15 is 0 Å². The summed E-state index contributed by atoms with van der Waals surface area (Å²) >= 11 is 0. The average molecular weight is 288 g/mol. The Labute approximate surface area is 122 Å². The number of halogens is 1. The topological polar surface area (TPSA) is 62.2 Å². The van der Waals surface area contributed by atoms with Crippen LogP contribution in [0.25, 0.3) is 0 Å². The van der Waals surface area contributed by atoms with Gasteiger partial charge in [-0.2, -0.15) is 0 Å². The quantitative estimate of drug-likeness (QED) is 0.904. The largest absolute Gasteiger partial charge is 0.478 e. The summed E-state index contributed by atoms with van der Waals surface area (Å²) < 4.78 is 13.6. The van der Waals surface area contributed by atoms with Crippen LogP contribution in [-0.2, 0) is 6.54 Å². The predicted molar refractivity (Wildman–Crippen MR) is 79.1 cm³/mol. The summed E-state index contributed by atoms with van der Waals surface area (Å²) in [5.74, 6) is -0.690. The number of aryl methyl sites for hydroxylation is 3. The maximum absolute atomic E-state index is 13.6. The van der Waals surface area contributed by atoms with Crippen molar-refractivity contribution in [2.75, 3.05) is 5.32 Å². The summed E-state index contributed by atoms with van der Waals surface area (Å²) in [5, 5.41) is 12.1. The molecule has 0 unspecified atom stereocenters. The number of rotatable bonds is 4. The Bertz CT molecular complexity index is 676. The number of nitrogens with zero attached hydrogens (tertiary/aromatic N) is 1. The second-order valence-corrected chi connectivity index (χ2v) is 5.08. The van der Waals surface area contributed by atoms with Gasteiger partial charge in [-0.1, -0.05) is 12.1 Å². The Kier molecular flexibility index (Phi) is 4.21. The molecule has 0 fully saturated rings. The minimum absolute atomic E-state index is 0.191. The molecule has 0 aliphatic rings. The molecule has 2 rings (SSSR count). The summed E-state index contributed by atoms with van der Waals surface area (Å²) in [6.07, 6.45) is 0. The van der Waals surface area contributed by atoms with Crippen molar-refractivity contribution < 1.29 is 14.3 Å². The fourth-order valence-corrected chi connectivity index (χ4v) is 2.21. The van der Waals surface area contributed by atoms with Crippen molar-refractivity contribution in [3.8, 4) is 0 Å². The van der Waals surface area contributed by atoms with Gasteiger partial charge in [-0.15, -0.1) is 0 Å². The molecule has 0 radical (unpaired) electrons. The number of aromatic nitrogens is 1. The standard InChI is InChI=1S/C16H17FN2O2/c1-9-4-12(5-10(2)15(9)17)8-18-14-7-13(16(20)21)6-11(3)19-14/h4-7H,8H2,1-3H3,(H,18,19)(H,20,21). The Balaban J connectivity index is 2.18. The SMILES string of the molecule is Cc1cc(C(=O)O)cc(NCc2cc(C)c(F)c(C)c2)n1. The molecule has 2 aromatic rings. The van der Waals surface area contributed by atoms with Crippen LogP contribution in [0.3, 0.4) is 0 Å². The van der Waals surface area contributed by atoms with Crippen LogP contribution in [0.4, 0.5) is 10.2 Å². The molecule has 1 aromatic heterocycles. The second-order valence-electron chi connectivity index (χ2n) is 5.08. The van der Waals surface area contributed by atoms with Gasteiger partial charge < -0.3 is 10.4 Å². The molecule has 21 heavy (non-hydrogen) atoms. The third-order valence-electron chi connectivity index (χ3n) is 3.17. The Morgan fingerprint density at radius 3 is 2.38 bits per heavy atom. The zero-order valence-corrected chi connectivity index (χ0v) is 12.2. The third-order valence-corrected chi connectivity index (χ3v) is 3.17. The lowest BCUT2D eigenvalue weighted by molar-refractivity contribution is 0.0696. The predicted octanol–water partition coefficient (Wildman–Crippen LogP) is 3.46. The van der Waals surface area contributed by atoms with E-state index in [1.807, 2.05) is 0 Å². The number of carboxylic acids is 1. The monoisotopic (exact) mass is 288 g/mol. The summed E-state index contributed by atoms with van der Waals surface area (Å²) in [6, 6.07) is 6.53. The smallest absolute Gasteiger partial charge is 0.335 e. The fraction of sp³-hybridized carbons (Fsp3) is 0.250. The molecule has 0 saturated heterocycles. The molecule has 0 bridgehead atoms. The van der Waals surface area contributed by atoms with Crippen LogP contribution in [0.15, 0.2) is 24.3 Å². The maximum Gasteiger partial charge on any atom is 0.335 e. The molecule has 0 saturated carbocycles. The molecule has 0 aliphatic carbocycles. The molecule has 0 aliphatic heterocycles. The van der Waals surface area contributed by atoms with Gasteiger partial charge >= 0.3 is 5.97 Å². The van der Waals surface area contributed by atoms with Gasteiger partial charge in [0.25, 0.3) is 0 Å². The lowest BCUT2D eigenvalue weighted by Gasteiger charge is -2.10. The number of hydrogen-bond acceptors (Lipinski definition) is 3. The first-order chi connectivity index (χ1) is 9.86. The molecule has 0 spiro atoms. The molecule has 0 atom stereocenters. The Morgan fingerprint density at radius 2 is 1.81 bits per heavy atom. The lowest BCUT2D eigenvalue weighted by atomic mass is 10.1. The van der Waals surface area contributed by atoms with E-state index in [1.165, 1.54) is 12.1 Å². The zero-order valence-electron chi connectivity index (χ0n) is 12.2. The van der Waals surface area contributed by atoms with Crippen LogP contribution in [-0.4, -0.2) is 16.1 Å². The minimum atomic E-state index is -0.989. The van der Waals surface area contributed by atoms with Gasteiger partial charge in [-0.25, -0.2) is 14.2 Å². The van der Waals surface area contributed by atoms with Crippen molar-refractivity contribution in [3.05, 3.63) is 58.0 Å². The van der Waals surface area contributed by atoms with Gasteiger partial charge in [-0.05, 0) is 49.6 Å². The first-order valence-electron chi connectivity index (χ1n) is 6.58. The van der Waals surface area contributed by atoms with E-state index in [2.05, 4.69) is 10.3 Å². The number of hydrogen-bond donors (Lipinski definition) is 2. The van der Waals surface area contributed by atoms with Crippen molar-refractivity contribution in [3.63, 3.8) is 0 Å². The molecule has 0 amide bonds. The molecule has 1 aromatic carbocycles. The average Bonchev–Trinajstić information content (AvgIpc) is 2.41. The first-order valence-corrected chi connectivity index (χ1v) is 6.58. The van der Waals surface area contributed by atoms with Crippen molar-refractivity contribution in [2.45, 2.75) is 27.3 Å². The first kappa shape index (κ1) is 15.0. The van der Waals surface area contributed by atoms with Crippen LogP contribution in [0.1, 0.15) is 32.7 Å². The summed E-state index contributed by atoms with van der Waals surface area (Å²) in [6.45, 7) is 5.64. The third kappa shape index (κ3) is 3.56. The lowest BCUT2D eigenvalue weighted by Crippen LogP contribution is -2.06. The highest BCUT2D eigenvalue weighted by Gasteiger charge is 2.08. The summed E-state index contributed by atoms with van der Waals surface area (Å²) in [7, 11) is 0. The number of benzene rings is 1. The van der Waals surface area contributed by atoms with Crippen LogP contribution in [0, 0.1) is 26.6 Å². The van der Waals surface area contributed by atoms with Crippen LogP contribution in [0.5, 0.6) is 0 Å². The molecular weight excluding hydrogens is 271 g/mol. The van der Waals surface area contributed by atoms with Gasteiger partial charge in [0.05, 0.1) is 5.56 Å². The summed E-state index contributed by atoms with van der Waals surface area (Å²) in [4.78, 5) is 15.3. The van der Waals surface area contributed by atoms with E-state index < -0.39 is 5.97 Å². The van der Waals surface area contributed by atoms with Crippen LogP contribution < -0.4 is 5.32 Å². The van der Waals surface area contributed by atoms with E-state index in [0.717, 1.165) is 5.56 Å². The second kappa shape index (κ2) is 5.91. The Hall–Kier alpha value is -2.43. The van der Waals surface area contributed by atoms with Gasteiger partial charge in [0.15, 0.2) is 0 Å². The molecule has 4 nitrogen and oxygen atoms in total. The number of pyridine rings is 1. The number of carboxylic acid groups (broad SMARTS) is 1. The van der Waals surface area contributed by atoms with E-state index in [-0.39, 0.29) is 11.4 Å². The molecule has 1 heterocycles. The van der Waals surface area contributed by atoms with Gasteiger partial charge in [0.1, 0.15) is 11.6 Å². The number of anilines is 1. The van der Waals surface area contributed by atoms with Crippen molar-refractivity contribution in [2.24, 2.45) is 0 Å². The van der Waals surface area contributed by atoms with E-state index in [9.17, 15) is 9.18 Å². The highest BCUT2D eigenvalue weighted by molar-refractivity contribution is 5.88. The van der Waals surface area contributed by atoms with Gasteiger partial charge in [0.2, 0.25) is 0 Å². The maximum atomic E-state index is 13.6. The highest BCUT2D eigenvalue weighted by atomic mass is 19.1. The molecule has 110 valence electrons. The van der Waals surface area contributed by atoms with Crippen molar-refractivity contribution in [1.29, 1.82) is 0 Å². The Morgan fingerprint density at radius 1 is 1.19 bits per heavy atom. The summed E-state index contributed by atoms with van der Waals surface area (Å²) in [5.41, 5.74) is 2.93.